The molecule has 0 bridgehead atoms. The minimum Gasteiger partial charge on any atom is -0.506 e. The van der Waals surface area contributed by atoms with Gasteiger partial charge in [0.15, 0.2) is 5.78 Å². The van der Waals surface area contributed by atoms with E-state index in [0.29, 0.717) is 0 Å². The fourth-order valence-electron chi connectivity index (χ4n) is 0.938. The SMILES string of the molecule is N#Cc1cc(C(=O)CBr)c(F)cc1O. The number of hydrogen-bond donors (Lipinski definition) is 1. The lowest BCUT2D eigenvalue weighted by Crippen LogP contribution is -2.03. The quantitative estimate of drug-likeness (QED) is 0.651. The molecule has 3 nitrogen and oxygen atoms in total. The van der Waals surface area contributed by atoms with Crippen molar-refractivity contribution in [3.63, 3.8) is 0 Å². The van der Waals surface area contributed by atoms with Gasteiger partial charge in [-0.2, -0.15) is 5.26 Å². The minimum absolute atomic E-state index is 0.0282. The van der Waals surface area contributed by atoms with Gasteiger partial charge in [0.1, 0.15) is 17.6 Å². The molecule has 5 heteroatoms. The molecule has 0 atom stereocenters. The first-order chi connectivity index (χ1) is 6.60. The van der Waals surface area contributed by atoms with Crippen LogP contribution in [0.15, 0.2) is 12.1 Å². The number of carbonyl (C=O) groups excluding carboxylic acids is 1. The molecule has 0 aromatic heterocycles. The van der Waals surface area contributed by atoms with Gasteiger partial charge in [0, 0.05) is 6.07 Å². The lowest BCUT2D eigenvalue weighted by atomic mass is 10.1. The lowest BCUT2D eigenvalue weighted by Gasteiger charge is -2.01. The van der Waals surface area contributed by atoms with Crippen LogP contribution in [0.4, 0.5) is 4.39 Å². The highest BCUT2D eigenvalue weighted by Gasteiger charge is 2.14. The smallest absolute Gasteiger partial charge is 0.176 e. The molecule has 0 saturated carbocycles. The molecule has 1 aromatic rings. The van der Waals surface area contributed by atoms with E-state index in [2.05, 4.69) is 15.9 Å². The Morgan fingerprint density at radius 1 is 1.64 bits per heavy atom. The van der Waals surface area contributed by atoms with Crippen molar-refractivity contribution in [3.8, 4) is 11.8 Å². The Labute approximate surface area is 87.9 Å². The standard InChI is InChI=1S/C9H5BrFNO2/c10-3-9(14)6-1-5(4-12)8(13)2-7(6)11/h1-2,13H,3H2. The number of alkyl halides is 1. The second-order valence-electron chi connectivity index (χ2n) is 2.52. The average molecular weight is 258 g/mol. The van der Waals surface area contributed by atoms with Crippen LogP contribution in [0.3, 0.4) is 0 Å². The van der Waals surface area contributed by atoms with Crippen molar-refractivity contribution in [3.05, 3.63) is 29.1 Å². The molecule has 0 amide bonds. The Hall–Kier alpha value is -1.41. The summed E-state index contributed by atoms with van der Waals surface area (Å²) in [6, 6.07) is 3.45. The van der Waals surface area contributed by atoms with E-state index in [4.69, 9.17) is 10.4 Å². The van der Waals surface area contributed by atoms with Crippen LogP contribution in [0.5, 0.6) is 5.75 Å². The van der Waals surface area contributed by atoms with Crippen LogP contribution in [0.25, 0.3) is 0 Å². The Morgan fingerprint density at radius 2 is 2.29 bits per heavy atom. The van der Waals surface area contributed by atoms with Gasteiger partial charge in [-0.3, -0.25) is 4.79 Å². The van der Waals surface area contributed by atoms with Gasteiger partial charge in [0.05, 0.1) is 16.5 Å². The molecule has 72 valence electrons. The third-order valence-electron chi connectivity index (χ3n) is 1.63. The van der Waals surface area contributed by atoms with Crippen LogP contribution >= 0.6 is 15.9 Å². The summed E-state index contributed by atoms with van der Waals surface area (Å²) >= 11 is 2.89. The number of aromatic hydroxyl groups is 1. The van der Waals surface area contributed by atoms with Crippen molar-refractivity contribution in [2.75, 3.05) is 5.33 Å². The number of nitriles is 1. The van der Waals surface area contributed by atoms with Gasteiger partial charge in [-0.15, -0.1) is 0 Å². The monoisotopic (exact) mass is 257 g/mol. The molecule has 1 aromatic carbocycles. The molecule has 0 heterocycles. The fourth-order valence-corrected chi connectivity index (χ4v) is 1.24. The number of rotatable bonds is 2. The number of phenolic OH excluding ortho intramolecular Hbond substituents is 1. The molecule has 1 rings (SSSR count). The van der Waals surface area contributed by atoms with E-state index in [-0.39, 0.29) is 16.5 Å². The van der Waals surface area contributed by atoms with E-state index < -0.39 is 17.3 Å². The van der Waals surface area contributed by atoms with Crippen LogP contribution < -0.4 is 0 Å². The van der Waals surface area contributed by atoms with E-state index in [1.165, 1.54) is 0 Å². The Morgan fingerprint density at radius 3 is 2.79 bits per heavy atom. The zero-order chi connectivity index (χ0) is 10.7. The number of carbonyl (C=O) groups is 1. The number of Topliss-reactive ketones (excluding diaryl/α,β-unsaturated/α-hetero) is 1. The molecule has 0 aliphatic rings. The van der Waals surface area contributed by atoms with E-state index in [0.717, 1.165) is 12.1 Å². The number of ketones is 1. The van der Waals surface area contributed by atoms with Gasteiger partial charge >= 0.3 is 0 Å². The highest BCUT2D eigenvalue weighted by molar-refractivity contribution is 9.09. The topological polar surface area (TPSA) is 61.1 Å². The summed E-state index contributed by atoms with van der Waals surface area (Å²) in [7, 11) is 0. The maximum atomic E-state index is 13.1. The van der Waals surface area contributed by atoms with Crippen LogP contribution in [-0.2, 0) is 0 Å². The van der Waals surface area contributed by atoms with Gasteiger partial charge in [-0.25, -0.2) is 4.39 Å². The number of benzene rings is 1. The summed E-state index contributed by atoms with van der Waals surface area (Å²) < 4.78 is 13.1. The molecule has 0 fully saturated rings. The van der Waals surface area contributed by atoms with Gasteiger partial charge in [-0.05, 0) is 6.07 Å². The Kier molecular flexibility index (Phi) is 3.20. The van der Waals surface area contributed by atoms with Gasteiger partial charge in [0.2, 0.25) is 0 Å². The van der Waals surface area contributed by atoms with E-state index >= 15 is 0 Å². The van der Waals surface area contributed by atoms with Crippen molar-refractivity contribution in [2.45, 2.75) is 0 Å². The lowest BCUT2D eigenvalue weighted by molar-refractivity contribution is 0.102. The number of halogens is 2. The van der Waals surface area contributed by atoms with Crippen molar-refractivity contribution in [1.82, 2.24) is 0 Å². The third kappa shape index (κ3) is 1.91. The Balaban J connectivity index is 3.33. The summed E-state index contributed by atoms with van der Waals surface area (Å²) in [5, 5.41) is 17.6. The van der Waals surface area contributed by atoms with Crippen molar-refractivity contribution < 1.29 is 14.3 Å². The second-order valence-corrected chi connectivity index (χ2v) is 3.08. The average Bonchev–Trinajstić information content (AvgIpc) is 2.17. The van der Waals surface area contributed by atoms with Gasteiger partial charge in [0.25, 0.3) is 0 Å². The van der Waals surface area contributed by atoms with Gasteiger partial charge < -0.3 is 5.11 Å². The summed E-state index contributed by atoms with van der Waals surface area (Å²) in [5.74, 6) is -1.76. The molecular formula is C9H5BrFNO2. The number of nitrogens with zero attached hydrogens (tertiary/aromatic N) is 1. The zero-order valence-corrected chi connectivity index (χ0v) is 8.51. The highest BCUT2D eigenvalue weighted by atomic mass is 79.9. The van der Waals surface area contributed by atoms with Crippen molar-refractivity contribution in [2.24, 2.45) is 0 Å². The molecule has 0 unspecified atom stereocenters. The summed E-state index contributed by atoms with van der Waals surface area (Å²) in [4.78, 5) is 11.1. The molecule has 0 aliphatic heterocycles. The summed E-state index contributed by atoms with van der Waals surface area (Å²) in [6.07, 6.45) is 0. The molecule has 0 radical (unpaired) electrons. The largest absolute Gasteiger partial charge is 0.506 e. The molecule has 0 aliphatic carbocycles. The van der Waals surface area contributed by atoms with Crippen LogP contribution in [0.1, 0.15) is 15.9 Å². The normalized spacial score (nSPS) is 9.50. The van der Waals surface area contributed by atoms with E-state index in [1.54, 1.807) is 6.07 Å². The molecular weight excluding hydrogens is 253 g/mol. The molecule has 1 N–H and O–H groups in total. The second kappa shape index (κ2) is 4.20. The third-order valence-corrected chi connectivity index (χ3v) is 2.14. The molecule has 0 spiro atoms. The van der Waals surface area contributed by atoms with Crippen LogP contribution in [0.2, 0.25) is 0 Å². The van der Waals surface area contributed by atoms with E-state index in [9.17, 15) is 9.18 Å². The highest BCUT2D eigenvalue weighted by Crippen LogP contribution is 2.21. The first-order valence-corrected chi connectivity index (χ1v) is 4.74. The predicted molar refractivity (Wildman–Crippen MR) is 50.9 cm³/mol. The summed E-state index contributed by atoms with van der Waals surface area (Å²) in [6.45, 7) is 0. The maximum Gasteiger partial charge on any atom is 0.176 e. The fraction of sp³-hybridized carbons (Fsp3) is 0.111. The van der Waals surface area contributed by atoms with Crippen LogP contribution in [-0.4, -0.2) is 16.2 Å². The maximum absolute atomic E-state index is 13.1. The van der Waals surface area contributed by atoms with Crippen molar-refractivity contribution in [1.29, 1.82) is 5.26 Å². The Bertz CT molecular complexity index is 426. The first kappa shape index (κ1) is 10.7. The zero-order valence-electron chi connectivity index (χ0n) is 6.92. The van der Waals surface area contributed by atoms with Crippen LogP contribution in [0, 0.1) is 17.1 Å². The predicted octanol–water partition coefficient (Wildman–Crippen LogP) is 1.98. The molecule has 0 saturated heterocycles. The first-order valence-electron chi connectivity index (χ1n) is 3.62. The number of phenols is 1. The minimum atomic E-state index is -0.828. The number of hydrogen-bond acceptors (Lipinski definition) is 3. The van der Waals surface area contributed by atoms with E-state index in [1.807, 2.05) is 0 Å². The van der Waals surface area contributed by atoms with Crippen molar-refractivity contribution >= 4 is 21.7 Å². The van der Waals surface area contributed by atoms with Gasteiger partial charge in [-0.1, -0.05) is 15.9 Å². The summed E-state index contributed by atoms with van der Waals surface area (Å²) in [5.41, 5.74) is -0.313. The molecule has 14 heavy (non-hydrogen) atoms.